The predicted octanol–water partition coefficient (Wildman–Crippen LogP) is 5.43. The molecule has 7 nitrogen and oxygen atoms in total. The minimum Gasteiger partial charge on any atom is -0.493 e. The van der Waals surface area contributed by atoms with Crippen molar-refractivity contribution in [2.24, 2.45) is 0 Å². The molecule has 180 valence electrons. The van der Waals surface area contributed by atoms with E-state index in [1.807, 2.05) is 32.0 Å². The Balaban J connectivity index is 1.71. The van der Waals surface area contributed by atoms with E-state index in [0.717, 1.165) is 15.8 Å². The number of alkyl halides is 3. The molecule has 0 spiro atoms. The van der Waals surface area contributed by atoms with Gasteiger partial charge in [0.25, 0.3) is 5.91 Å². The number of ether oxygens (including phenoxy) is 2. The molecule has 0 saturated carbocycles. The molecule has 2 heterocycles. The monoisotopic (exact) mass is 474 g/mol. The Morgan fingerprint density at radius 2 is 1.85 bits per heavy atom. The zero-order valence-electron chi connectivity index (χ0n) is 19.2. The number of amides is 1. The second kappa shape index (κ2) is 8.92. The van der Waals surface area contributed by atoms with E-state index in [2.05, 4.69) is 15.7 Å². The molecule has 0 saturated heterocycles. The SMILES string of the molecule is COc1ccc([C@@H]2C[C@@H](C(F)(F)F)n3ncc(C(=O)Nc4cc(C)ccc4C)c3N2)cc1OC. The molecular formula is C24H25F3N4O3. The highest BCUT2D eigenvalue weighted by molar-refractivity contribution is 6.08. The van der Waals surface area contributed by atoms with Gasteiger partial charge >= 0.3 is 6.18 Å². The van der Waals surface area contributed by atoms with Crippen molar-refractivity contribution in [1.82, 2.24) is 9.78 Å². The molecule has 4 rings (SSSR count). The molecule has 1 amide bonds. The molecular weight excluding hydrogens is 449 g/mol. The molecule has 1 aliphatic rings. The lowest BCUT2D eigenvalue weighted by atomic mass is 9.96. The Labute approximate surface area is 194 Å². The van der Waals surface area contributed by atoms with Gasteiger partial charge in [0.05, 0.1) is 26.5 Å². The summed E-state index contributed by atoms with van der Waals surface area (Å²) in [6, 6.07) is 7.89. The first-order chi connectivity index (χ1) is 16.1. The fourth-order valence-corrected chi connectivity index (χ4v) is 4.08. The third-order valence-corrected chi connectivity index (χ3v) is 5.93. The molecule has 1 aliphatic heterocycles. The average molecular weight is 474 g/mol. The molecule has 10 heteroatoms. The number of halogens is 3. The van der Waals surface area contributed by atoms with E-state index in [1.165, 1.54) is 20.4 Å². The lowest BCUT2D eigenvalue weighted by molar-refractivity contribution is -0.173. The maximum Gasteiger partial charge on any atom is 0.410 e. The summed E-state index contributed by atoms with van der Waals surface area (Å²) in [5.74, 6) is 0.331. The van der Waals surface area contributed by atoms with Gasteiger partial charge in [0.15, 0.2) is 17.5 Å². The number of carbonyl (C=O) groups is 1. The zero-order valence-corrected chi connectivity index (χ0v) is 19.2. The van der Waals surface area contributed by atoms with Crippen molar-refractivity contribution < 1.29 is 27.4 Å². The standard InChI is InChI=1S/C24H25F3N4O3/c1-13-5-6-14(2)17(9-13)30-23(32)16-12-28-31-21(24(25,26)27)11-18(29-22(16)31)15-7-8-19(33-3)20(10-15)34-4/h5-10,12,18,21,29H,11H2,1-4H3,(H,30,32)/t18-,21-/m0/s1. The van der Waals surface area contributed by atoms with Crippen molar-refractivity contribution in [2.45, 2.75) is 38.5 Å². The van der Waals surface area contributed by atoms with E-state index in [0.29, 0.717) is 22.7 Å². The normalized spacial score (nSPS) is 17.5. The quantitative estimate of drug-likeness (QED) is 0.516. The highest BCUT2D eigenvalue weighted by atomic mass is 19.4. The molecule has 2 atom stereocenters. The van der Waals surface area contributed by atoms with Gasteiger partial charge in [-0.1, -0.05) is 18.2 Å². The number of aromatic nitrogens is 2. The number of nitrogens with one attached hydrogen (secondary N) is 2. The zero-order chi connectivity index (χ0) is 24.6. The molecule has 0 radical (unpaired) electrons. The smallest absolute Gasteiger partial charge is 0.410 e. The Kier molecular flexibility index (Phi) is 6.16. The molecule has 2 aromatic carbocycles. The summed E-state index contributed by atoms with van der Waals surface area (Å²) in [6.45, 7) is 3.73. The molecule has 0 fully saturated rings. The third kappa shape index (κ3) is 4.40. The minimum absolute atomic E-state index is 0.0103. The lowest BCUT2D eigenvalue weighted by Crippen LogP contribution is -2.36. The van der Waals surface area contributed by atoms with E-state index in [4.69, 9.17) is 9.47 Å². The summed E-state index contributed by atoms with van der Waals surface area (Å²) in [5, 5.41) is 9.81. The molecule has 2 N–H and O–H groups in total. The van der Waals surface area contributed by atoms with Crippen LogP contribution in [0.2, 0.25) is 0 Å². The molecule has 0 bridgehead atoms. The summed E-state index contributed by atoms with van der Waals surface area (Å²) in [6.07, 6.45) is -3.69. The van der Waals surface area contributed by atoms with Crippen LogP contribution in [0.15, 0.2) is 42.6 Å². The van der Waals surface area contributed by atoms with Crippen LogP contribution < -0.4 is 20.1 Å². The van der Waals surface area contributed by atoms with Crippen LogP contribution in [0.25, 0.3) is 0 Å². The summed E-state index contributed by atoms with van der Waals surface area (Å²) >= 11 is 0. The molecule has 1 aromatic heterocycles. The van der Waals surface area contributed by atoms with Crippen molar-refractivity contribution in [1.29, 1.82) is 0 Å². The van der Waals surface area contributed by atoms with Gasteiger partial charge in [-0.05, 0) is 48.7 Å². The minimum atomic E-state index is -4.56. The highest BCUT2D eigenvalue weighted by Gasteiger charge is 2.47. The number of methoxy groups -OCH3 is 2. The van der Waals surface area contributed by atoms with Crippen LogP contribution in [0.1, 0.15) is 45.6 Å². The summed E-state index contributed by atoms with van der Waals surface area (Å²) in [4.78, 5) is 13.1. The largest absolute Gasteiger partial charge is 0.493 e. The highest BCUT2D eigenvalue weighted by Crippen LogP contribution is 2.45. The Morgan fingerprint density at radius 3 is 2.53 bits per heavy atom. The van der Waals surface area contributed by atoms with Crippen LogP contribution >= 0.6 is 0 Å². The van der Waals surface area contributed by atoms with Gasteiger partial charge in [0, 0.05) is 12.1 Å². The summed E-state index contributed by atoms with van der Waals surface area (Å²) in [7, 11) is 2.94. The second-order valence-corrected chi connectivity index (χ2v) is 8.23. The van der Waals surface area contributed by atoms with E-state index in [1.54, 1.807) is 18.2 Å². The van der Waals surface area contributed by atoms with Crippen LogP contribution in [0.3, 0.4) is 0 Å². The van der Waals surface area contributed by atoms with E-state index < -0.39 is 24.2 Å². The fraction of sp³-hybridized carbons (Fsp3) is 0.333. The first-order valence-electron chi connectivity index (χ1n) is 10.6. The molecule has 0 unspecified atom stereocenters. The number of benzene rings is 2. The van der Waals surface area contributed by atoms with Gasteiger partial charge in [-0.15, -0.1) is 0 Å². The molecule has 0 aliphatic carbocycles. The van der Waals surface area contributed by atoms with Crippen LogP contribution in [-0.2, 0) is 0 Å². The van der Waals surface area contributed by atoms with Crippen LogP contribution in [0.4, 0.5) is 24.7 Å². The molecule has 34 heavy (non-hydrogen) atoms. The van der Waals surface area contributed by atoms with Gasteiger partial charge < -0.3 is 20.1 Å². The van der Waals surface area contributed by atoms with Gasteiger partial charge in [-0.25, -0.2) is 4.68 Å². The van der Waals surface area contributed by atoms with Crippen LogP contribution in [0.5, 0.6) is 11.5 Å². The van der Waals surface area contributed by atoms with E-state index in [-0.39, 0.29) is 17.8 Å². The van der Waals surface area contributed by atoms with E-state index in [9.17, 15) is 18.0 Å². The number of nitrogens with zero attached hydrogens (tertiary/aromatic N) is 2. The number of carbonyl (C=O) groups excluding carboxylic acids is 1. The number of aryl methyl sites for hydroxylation is 2. The number of fused-ring (bicyclic) bond motifs is 1. The summed E-state index contributed by atoms with van der Waals surface area (Å²) < 4.78 is 53.4. The Hall–Kier alpha value is -3.69. The number of hydrogen-bond acceptors (Lipinski definition) is 5. The topological polar surface area (TPSA) is 77.4 Å². The van der Waals surface area contributed by atoms with Crippen molar-refractivity contribution >= 4 is 17.4 Å². The van der Waals surface area contributed by atoms with Crippen molar-refractivity contribution in [3.63, 3.8) is 0 Å². The number of rotatable bonds is 5. The van der Waals surface area contributed by atoms with Crippen molar-refractivity contribution in [2.75, 3.05) is 24.9 Å². The number of anilines is 2. The molecule has 3 aromatic rings. The van der Waals surface area contributed by atoms with Gasteiger partial charge in [0.1, 0.15) is 11.4 Å². The first-order valence-corrected chi connectivity index (χ1v) is 10.6. The summed E-state index contributed by atoms with van der Waals surface area (Å²) in [5.41, 5.74) is 2.97. The van der Waals surface area contributed by atoms with Crippen LogP contribution in [-0.4, -0.2) is 36.1 Å². The van der Waals surface area contributed by atoms with E-state index >= 15 is 0 Å². The maximum absolute atomic E-state index is 14.0. The lowest BCUT2D eigenvalue weighted by Gasteiger charge is -2.34. The van der Waals surface area contributed by atoms with Gasteiger partial charge in [-0.3, -0.25) is 4.79 Å². The Morgan fingerprint density at radius 1 is 1.12 bits per heavy atom. The predicted molar refractivity (Wildman–Crippen MR) is 122 cm³/mol. The second-order valence-electron chi connectivity index (χ2n) is 8.23. The van der Waals surface area contributed by atoms with Crippen molar-refractivity contribution in [3.8, 4) is 11.5 Å². The van der Waals surface area contributed by atoms with Gasteiger partial charge in [-0.2, -0.15) is 18.3 Å². The van der Waals surface area contributed by atoms with Gasteiger partial charge in [0.2, 0.25) is 0 Å². The first kappa shape index (κ1) is 23.5. The van der Waals surface area contributed by atoms with Crippen LogP contribution in [0, 0.1) is 13.8 Å². The van der Waals surface area contributed by atoms with Crippen molar-refractivity contribution in [3.05, 3.63) is 64.8 Å². The number of hydrogen-bond donors (Lipinski definition) is 2. The third-order valence-electron chi connectivity index (χ3n) is 5.93. The maximum atomic E-state index is 14.0. The Bertz CT molecular complexity index is 1220. The average Bonchev–Trinajstić information content (AvgIpc) is 3.23. The fourth-order valence-electron chi connectivity index (χ4n) is 4.08.